The summed E-state index contributed by atoms with van der Waals surface area (Å²) in [6, 6.07) is 13.6. The molecule has 0 saturated heterocycles. The predicted octanol–water partition coefficient (Wildman–Crippen LogP) is 3.09. The maximum Gasteiger partial charge on any atom is 0.270 e. The molecule has 0 aliphatic carbocycles. The van der Waals surface area contributed by atoms with Crippen LogP contribution in [-0.2, 0) is 6.54 Å². The van der Waals surface area contributed by atoms with Gasteiger partial charge in [0.1, 0.15) is 11.8 Å². The molecule has 106 valence electrons. The van der Waals surface area contributed by atoms with Crippen molar-refractivity contribution in [1.82, 2.24) is 0 Å². The maximum atomic E-state index is 10.8. The number of rotatable bonds is 5. The van der Waals surface area contributed by atoms with Gasteiger partial charge in [0.2, 0.25) is 0 Å². The Morgan fingerprint density at radius 3 is 2.76 bits per heavy atom. The van der Waals surface area contributed by atoms with Gasteiger partial charge in [-0.1, -0.05) is 12.1 Å². The summed E-state index contributed by atoms with van der Waals surface area (Å²) in [5, 5.41) is 23.0. The number of nitro benzene ring substituents is 1. The standard InChI is InChI=1S/C15H13N3O3/c1-21-15-7-6-13(18(19)20)8-12(15)10-17-14-5-3-2-4-11(14)9-16/h2-8,17H,10H2,1H3. The molecule has 21 heavy (non-hydrogen) atoms. The fraction of sp³-hybridized carbons (Fsp3) is 0.133. The van der Waals surface area contributed by atoms with Crippen molar-refractivity contribution >= 4 is 11.4 Å². The van der Waals surface area contributed by atoms with E-state index in [0.29, 0.717) is 29.1 Å². The Labute approximate surface area is 121 Å². The number of benzene rings is 2. The van der Waals surface area contributed by atoms with Crippen LogP contribution in [0.1, 0.15) is 11.1 Å². The molecule has 0 bridgehead atoms. The first-order valence-corrected chi connectivity index (χ1v) is 6.20. The van der Waals surface area contributed by atoms with E-state index in [4.69, 9.17) is 10.00 Å². The number of non-ortho nitro benzene ring substituents is 1. The van der Waals surface area contributed by atoms with Gasteiger partial charge in [0.25, 0.3) is 5.69 Å². The van der Waals surface area contributed by atoms with E-state index in [-0.39, 0.29) is 5.69 Å². The minimum absolute atomic E-state index is 0.00108. The van der Waals surface area contributed by atoms with Crippen molar-refractivity contribution in [1.29, 1.82) is 5.26 Å². The molecule has 6 heteroatoms. The van der Waals surface area contributed by atoms with Crippen LogP contribution in [0.15, 0.2) is 42.5 Å². The number of nitrogens with zero attached hydrogens (tertiary/aromatic N) is 2. The topological polar surface area (TPSA) is 88.2 Å². The lowest BCUT2D eigenvalue weighted by molar-refractivity contribution is -0.384. The molecule has 2 aromatic rings. The van der Waals surface area contributed by atoms with Gasteiger partial charge in [0.15, 0.2) is 0 Å². The molecule has 0 aliphatic heterocycles. The summed E-state index contributed by atoms with van der Waals surface area (Å²) in [6.45, 7) is 0.323. The molecule has 0 unspecified atom stereocenters. The Kier molecular flexibility index (Phi) is 4.36. The largest absolute Gasteiger partial charge is 0.496 e. The predicted molar refractivity (Wildman–Crippen MR) is 78.1 cm³/mol. The SMILES string of the molecule is COc1ccc([N+](=O)[O-])cc1CNc1ccccc1C#N. The monoisotopic (exact) mass is 283 g/mol. The van der Waals surface area contributed by atoms with E-state index in [1.165, 1.54) is 19.2 Å². The lowest BCUT2D eigenvalue weighted by Gasteiger charge is -2.11. The van der Waals surface area contributed by atoms with Crippen LogP contribution in [0.4, 0.5) is 11.4 Å². The van der Waals surface area contributed by atoms with Crippen molar-refractivity contribution in [3.63, 3.8) is 0 Å². The number of hydrogen-bond acceptors (Lipinski definition) is 5. The summed E-state index contributed by atoms with van der Waals surface area (Å²) in [5.74, 6) is 0.558. The summed E-state index contributed by atoms with van der Waals surface area (Å²) in [7, 11) is 1.51. The molecule has 0 amide bonds. The van der Waals surface area contributed by atoms with Crippen molar-refractivity contribution in [3.05, 3.63) is 63.7 Å². The molecule has 6 nitrogen and oxygen atoms in total. The third kappa shape index (κ3) is 3.28. The zero-order chi connectivity index (χ0) is 15.2. The maximum absolute atomic E-state index is 10.8. The molecule has 0 spiro atoms. The fourth-order valence-electron chi connectivity index (χ4n) is 1.94. The van der Waals surface area contributed by atoms with Crippen molar-refractivity contribution in [2.45, 2.75) is 6.54 Å². The Morgan fingerprint density at radius 2 is 2.10 bits per heavy atom. The second-order valence-corrected chi connectivity index (χ2v) is 4.26. The van der Waals surface area contributed by atoms with Crippen LogP contribution in [0.25, 0.3) is 0 Å². The van der Waals surface area contributed by atoms with Crippen molar-refractivity contribution in [3.8, 4) is 11.8 Å². The third-order valence-electron chi connectivity index (χ3n) is 2.99. The number of methoxy groups -OCH3 is 1. The minimum Gasteiger partial charge on any atom is -0.496 e. The summed E-state index contributed by atoms with van der Waals surface area (Å²) >= 11 is 0. The van der Waals surface area contributed by atoms with Gasteiger partial charge in [-0.25, -0.2) is 0 Å². The zero-order valence-corrected chi connectivity index (χ0v) is 11.4. The van der Waals surface area contributed by atoms with Gasteiger partial charge in [0.05, 0.1) is 23.3 Å². The number of nitriles is 1. The Hall–Kier alpha value is -3.07. The third-order valence-corrected chi connectivity index (χ3v) is 2.99. The van der Waals surface area contributed by atoms with Crippen LogP contribution in [0.5, 0.6) is 5.75 Å². The number of para-hydroxylation sites is 1. The average molecular weight is 283 g/mol. The molecule has 1 N–H and O–H groups in total. The van der Waals surface area contributed by atoms with Gasteiger partial charge in [-0.15, -0.1) is 0 Å². The smallest absolute Gasteiger partial charge is 0.270 e. The van der Waals surface area contributed by atoms with E-state index in [1.54, 1.807) is 24.3 Å². The second kappa shape index (κ2) is 6.39. The number of nitro groups is 1. The highest BCUT2D eigenvalue weighted by Gasteiger charge is 2.11. The Balaban J connectivity index is 2.25. The van der Waals surface area contributed by atoms with Crippen LogP contribution in [-0.4, -0.2) is 12.0 Å². The van der Waals surface area contributed by atoms with Crippen LogP contribution in [0.3, 0.4) is 0 Å². The Morgan fingerprint density at radius 1 is 1.33 bits per heavy atom. The lowest BCUT2D eigenvalue weighted by Crippen LogP contribution is -2.04. The number of hydrogen-bond donors (Lipinski definition) is 1. The fourth-order valence-corrected chi connectivity index (χ4v) is 1.94. The summed E-state index contributed by atoms with van der Waals surface area (Å²) < 4.78 is 5.20. The normalized spacial score (nSPS) is 9.71. The van der Waals surface area contributed by atoms with Crippen molar-refractivity contribution in [2.75, 3.05) is 12.4 Å². The highest BCUT2D eigenvalue weighted by atomic mass is 16.6. The molecule has 0 aromatic heterocycles. The van der Waals surface area contributed by atoms with Crippen LogP contribution in [0.2, 0.25) is 0 Å². The molecule has 0 saturated carbocycles. The lowest BCUT2D eigenvalue weighted by atomic mass is 10.1. The van der Waals surface area contributed by atoms with Crippen LogP contribution in [0, 0.1) is 21.4 Å². The molecule has 0 heterocycles. The van der Waals surface area contributed by atoms with Gasteiger partial charge in [-0.05, 0) is 18.2 Å². The highest BCUT2D eigenvalue weighted by Crippen LogP contribution is 2.25. The number of ether oxygens (including phenoxy) is 1. The van der Waals surface area contributed by atoms with Gasteiger partial charge >= 0.3 is 0 Å². The van der Waals surface area contributed by atoms with Crippen molar-refractivity contribution < 1.29 is 9.66 Å². The first-order chi connectivity index (χ1) is 10.2. The number of anilines is 1. The molecule has 0 fully saturated rings. The quantitative estimate of drug-likeness (QED) is 0.673. The molecule has 0 atom stereocenters. The van der Waals surface area contributed by atoms with Gasteiger partial charge < -0.3 is 10.1 Å². The van der Waals surface area contributed by atoms with Crippen molar-refractivity contribution in [2.24, 2.45) is 0 Å². The van der Waals surface area contributed by atoms with E-state index in [0.717, 1.165) is 0 Å². The van der Waals surface area contributed by atoms with Gasteiger partial charge in [-0.3, -0.25) is 10.1 Å². The summed E-state index contributed by atoms with van der Waals surface area (Å²) in [6.07, 6.45) is 0. The van der Waals surface area contributed by atoms with E-state index >= 15 is 0 Å². The van der Waals surface area contributed by atoms with Crippen LogP contribution >= 0.6 is 0 Å². The zero-order valence-electron chi connectivity index (χ0n) is 11.4. The van der Waals surface area contributed by atoms with E-state index in [9.17, 15) is 10.1 Å². The summed E-state index contributed by atoms with van der Waals surface area (Å²) in [5.41, 5.74) is 1.84. The van der Waals surface area contributed by atoms with E-state index in [2.05, 4.69) is 11.4 Å². The molecular formula is C15H13N3O3. The average Bonchev–Trinajstić information content (AvgIpc) is 2.52. The van der Waals surface area contributed by atoms with Gasteiger partial charge in [-0.2, -0.15) is 5.26 Å². The summed E-state index contributed by atoms with van der Waals surface area (Å²) in [4.78, 5) is 10.4. The first kappa shape index (κ1) is 14.3. The molecular weight excluding hydrogens is 270 g/mol. The second-order valence-electron chi connectivity index (χ2n) is 4.26. The highest BCUT2D eigenvalue weighted by molar-refractivity contribution is 5.58. The van der Waals surface area contributed by atoms with E-state index < -0.39 is 4.92 Å². The number of nitrogens with one attached hydrogen (secondary N) is 1. The first-order valence-electron chi connectivity index (χ1n) is 6.20. The molecule has 0 radical (unpaired) electrons. The molecule has 0 aliphatic rings. The minimum atomic E-state index is -0.452. The molecule has 2 aromatic carbocycles. The molecule has 2 rings (SSSR count). The van der Waals surface area contributed by atoms with E-state index in [1.807, 2.05) is 6.07 Å². The van der Waals surface area contributed by atoms with Crippen LogP contribution < -0.4 is 10.1 Å². The van der Waals surface area contributed by atoms with Gasteiger partial charge in [0, 0.05) is 24.2 Å². The Bertz CT molecular complexity index is 708.